The highest BCUT2D eigenvalue weighted by molar-refractivity contribution is 5.44. The highest BCUT2D eigenvalue weighted by Crippen LogP contribution is 2.20. The van der Waals surface area contributed by atoms with Gasteiger partial charge in [0.1, 0.15) is 0 Å². The van der Waals surface area contributed by atoms with Crippen LogP contribution in [-0.2, 0) is 0 Å². The van der Waals surface area contributed by atoms with Gasteiger partial charge in [0, 0.05) is 43.3 Å². The number of imidazole rings is 1. The summed E-state index contributed by atoms with van der Waals surface area (Å²) in [5.74, 6) is 1.03. The van der Waals surface area contributed by atoms with Crippen molar-refractivity contribution >= 4 is 5.95 Å². The Hall–Kier alpha value is -1.81. The maximum atomic E-state index is 4.55. The van der Waals surface area contributed by atoms with E-state index in [1.807, 2.05) is 18.5 Å². The molecule has 4 heteroatoms. The summed E-state index contributed by atoms with van der Waals surface area (Å²) in [7, 11) is 0. The van der Waals surface area contributed by atoms with E-state index >= 15 is 0 Å². The predicted octanol–water partition coefficient (Wildman–Crippen LogP) is 2.06. The predicted molar refractivity (Wildman–Crippen MR) is 77.8 cm³/mol. The van der Waals surface area contributed by atoms with Gasteiger partial charge in [-0.3, -0.25) is 4.57 Å². The van der Waals surface area contributed by atoms with Gasteiger partial charge in [-0.2, -0.15) is 0 Å². The largest absolute Gasteiger partial charge is 0.339 e. The Labute approximate surface area is 114 Å². The van der Waals surface area contributed by atoms with Gasteiger partial charge in [-0.15, -0.1) is 0 Å². The zero-order chi connectivity index (χ0) is 13.2. The normalized spacial score (nSPS) is 23.6. The minimum absolute atomic E-state index is 0.490. The molecule has 0 saturated carbocycles. The van der Waals surface area contributed by atoms with Gasteiger partial charge in [-0.05, 0) is 26.0 Å². The minimum Gasteiger partial charge on any atom is -0.339 e. The second-order valence-electron chi connectivity index (χ2n) is 5.31. The zero-order valence-electron chi connectivity index (χ0n) is 11.5. The Kier molecular flexibility index (Phi) is 3.25. The van der Waals surface area contributed by atoms with Crippen molar-refractivity contribution in [3.05, 3.63) is 42.7 Å². The quantitative estimate of drug-likeness (QED) is 0.893. The van der Waals surface area contributed by atoms with E-state index in [1.54, 1.807) is 0 Å². The summed E-state index contributed by atoms with van der Waals surface area (Å²) in [4.78, 5) is 6.91. The Balaban J connectivity index is 1.92. The lowest BCUT2D eigenvalue weighted by atomic mass is 10.1. The molecule has 19 heavy (non-hydrogen) atoms. The van der Waals surface area contributed by atoms with Gasteiger partial charge in [0.25, 0.3) is 0 Å². The van der Waals surface area contributed by atoms with E-state index in [4.69, 9.17) is 0 Å². The van der Waals surface area contributed by atoms with Crippen LogP contribution in [0.1, 0.15) is 13.8 Å². The van der Waals surface area contributed by atoms with Crippen molar-refractivity contribution in [1.29, 1.82) is 0 Å². The Morgan fingerprint density at radius 1 is 1.11 bits per heavy atom. The van der Waals surface area contributed by atoms with Gasteiger partial charge in [-0.25, -0.2) is 4.98 Å². The summed E-state index contributed by atoms with van der Waals surface area (Å²) >= 11 is 0. The number of hydrogen-bond acceptors (Lipinski definition) is 3. The second kappa shape index (κ2) is 5.05. The van der Waals surface area contributed by atoms with E-state index in [9.17, 15) is 0 Å². The van der Waals surface area contributed by atoms with Crippen molar-refractivity contribution < 1.29 is 0 Å². The molecular formula is C15H20N4. The lowest BCUT2D eigenvalue weighted by Gasteiger charge is -2.36. The molecule has 0 amide bonds. The molecule has 4 nitrogen and oxygen atoms in total. The fraction of sp³-hybridized carbons (Fsp3) is 0.400. The molecule has 3 rings (SSSR count). The molecule has 0 aliphatic carbocycles. The van der Waals surface area contributed by atoms with Gasteiger partial charge >= 0.3 is 0 Å². The Morgan fingerprint density at radius 3 is 2.47 bits per heavy atom. The standard InChI is InChI=1S/C15H20N4/c1-12-10-18(11-13(2)17-12)15-16-8-9-19(15)14-6-4-3-5-7-14/h3-9,12-13,17H,10-11H2,1-2H3. The van der Waals surface area contributed by atoms with Crippen LogP contribution in [0.25, 0.3) is 5.69 Å². The zero-order valence-corrected chi connectivity index (χ0v) is 11.5. The smallest absolute Gasteiger partial charge is 0.210 e. The molecule has 2 heterocycles. The second-order valence-corrected chi connectivity index (χ2v) is 5.31. The van der Waals surface area contributed by atoms with Crippen molar-refractivity contribution in [2.45, 2.75) is 25.9 Å². The molecule has 2 unspecified atom stereocenters. The van der Waals surface area contributed by atoms with Crippen molar-refractivity contribution in [3.8, 4) is 5.69 Å². The molecule has 1 aromatic carbocycles. The van der Waals surface area contributed by atoms with Gasteiger partial charge in [0.05, 0.1) is 0 Å². The van der Waals surface area contributed by atoms with Crippen LogP contribution < -0.4 is 10.2 Å². The van der Waals surface area contributed by atoms with Gasteiger partial charge < -0.3 is 10.2 Å². The third-order valence-electron chi connectivity index (χ3n) is 3.50. The van der Waals surface area contributed by atoms with Crippen LogP contribution in [0.2, 0.25) is 0 Å². The van der Waals surface area contributed by atoms with Crippen LogP contribution in [0.5, 0.6) is 0 Å². The molecule has 100 valence electrons. The monoisotopic (exact) mass is 256 g/mol. The van der Waals surface area contributed by atoms with E-state index in [0.717, 1.165) is 24.7 Å². The number of hydrogen-bond donors (Lipinski definition) is 1. The fourth-order valence-corrected chi connectivity index (χ4v) is 2.81. The molecule has 1 fully saturated rings. The molecule has 1 aromatic heterocycles. The van der Waals surface area contributed by atoms with Crippen molar-refractivity contribution in [3.63, 3.8) is 0 Å². The highest BCUT2D eigenvalue weighted by atomic mass is 15.3. The van der Waals surface area contributed by atoms with E-state index in [1.165, 1.54) is 0 Å². The summed E-state index contributed by atoms with van der Waals surface area (Å²) in [6, 6.07) is 11.4. The number of nitrogens with zero attached hydrogens (tertiary/aromatic N) is 3. The first-order valence-corrected chi connectivity index (χ1v) is 6.84. The molecule has 2 atom stereocenters. The van der Waals surface area contributed by atoms with Crippen molar-refractivity contribution in [2.75, 3.05) is 18.0 Å². The lowest BCUT2D eigenvalue weighted by Crippen LogP contribution is -2.54. The molecular weight excluding hydrogens is 236 g/mol. The average molecular weight is 256 g/mol. The number of para-hydroxylation sites is 1. The van der Waals surface area contributed by atoms with Crippen molar-refractivity contribution in [2.24, 2.45) is 0 Å². The molecule has 2 aromatic rings. The molecule has 1 saturated heterocycles. The first-order chi connectivity index (χ1) is 9.24. The number of aromatic nitrogens is 2. The van der Waals surface area contributed by atoms with Crippen LogP contribution in [0.15, 0.2) is 42.7 Å². The summed E-state index contributed by atoms with van der Waals surface area (Å²) in [6.07, 6.45) is 3.90. The lowest BCUT2D eigenvalue weighted by molar-refractivity contribution is 0.402. The van der Waals surface area contributed by atoms with E-state index < -0.39 is 0 Å². The third-order valence-corrected chi connectivity index (χ3v) is 3.50. The SMILES string of the molecule is CC1CN(c2nccn2-c2ccccc2)CC(C)N1. The average Bonchev–Trinajstić information content (AvgIpc) is 2.88. The molecule has 0 radical (unpaired) electrons. The van der Waals surface area contributed by atoms with Crippen LogP contribution in [0.4, 0.5) is 5.95 Å². The first-order valence-electron chi connectivity index (χ1n) is 6.84. The molecule has 0 spiro atoms. The summed E-state index contributed by atoms with van der Waals surface area (Å²) in [5.41, 5.74) is 1.16. The molecule has 1 N–H and O–H groups in total. The maximum absolute atomic E-state index is 4.55. The van der Waals surface area contributed by atoms with Crippen LogP contribution in [0, 0.1) is 0 Å². The summed E-state index contributed by atoms with van der Waals surface area (Å²) in [6.45, 7) is 6.43. The van der Waals surface area contributed by atoms with Gasteiger partial charge in [0.15, 0.2) is 0 Å². The Morgan fingerprint density at radius 2 is 1.79 bits per heavy atom. The molecule has 0 bridgehead atoms. The minimum atomic E-state index is 0.490. The van der Waals surface area contributed by atoms with E-state index in [2.05, 4.69) is 57.9 Å². The fourth-order valence-electron chi connectivity index (χ4n) is 2.81. The first kappa shape index (κ1) is 12.2. The number of rotatable bonds is 2. The number of nitrogens with one attached hydrogen (secondary N) is 1. The van der Waals surface area contributed by atoms with E-state index in [-0.39, 0.29) is 0 Å². The molecule has 1 aliphatic rings. The number of benzene rings is 1. The van der Waals surface area contributed by atoms with Crippen LogP contribution in [0.3, 0.4) is 0 Å². The topological polar surface area (TPSA) is 33.1 Å². The van der Waals surface area contributed by atoms with Crippen LogP contribution >= 0.6 is 0 Å². The number of piperazine rings is 1. The maximum Gasteiger partial charge on any atom is 0.210 e. The summed E-state index contributed by atoms with van der Waals surface area (Å²) < 4.78 is 2.16. The van der Waals surface area contributed by atoms with Crippen molar-refractivity contribution in [1.82, 2.24) is 14.9 Å². The molecule has 1 aliphatic heterocycles. The Bertz CT molecular complexity index is 524. The van der Waals surface area contributed by atoms with Crippen LogP contribution in [-0.4, -0.2) is 34.7 Å². The van der Waals surface area contributed by atoms with Gasteiger partial charge in [0.2, 0.25) is 5.95 Å². The van der Waals surface area contributed by atoms with Gasteiger partial charge in [-0.1, -0.05) is 18.2 Å². The summed E-state index contributed by atoms with van der Waals surface area (Å²) in [5, 5.41) is 3.55. The third kappa shape index (κ3) is 2.49. The van der Waals surface area contributed by atoms with E-state index in [0.29, 0.717) is 12.1 Å². The highest BCUT2D eigenvalue weighted by Gasteiger charge is 2.24. The number of anilines is 1.